The number of nitrogens with two attached hydrogens (primary N) is 1. The fourth-order valence-electron chi connectivity index (χ4n) is 5.95. The topological polar surface area (TPSA) is 151 Å². The summed E-state index contributed by atoms with van der Waals surface area (Å²) < 4.78 is 5.65. The number of primary amides is 1. The summed E-state index contributed by atoms with van der Waals surface area (Å²) in [6, 6.07) is 17.3. The first-order chi connectivity index (χ1) is 23.9. The second-order valence-corrected chi connectivity index (χ2v) is 14.9. The highest BCUT2D eigenvalue weighted by Crippen LogP contribution is 2.33. The maximum atomic E-state index is 14.9. The van der Waals surface area contributed by atoms with E-state index in [4.69, 9.17) is 15.5 Å². The molecule has 268 valence electrons. The average Bonchev–Trinajstić information content (AvgIpc) is 3.79. The van der Waals surface area contributed by atoms with E-state index >= 15 is 0 Å². The third kappa shape index (κ3) is 10.1. The Morgan fingerprint density at radius 2 is 1.66 bits per heavy atom. The number of aliphatic hydroxyl groups is 1. The fourth-order valence-corrected chi connectivity index (χ4v) is 7.28. The highest BCUT2D eigenvalue weighted by Gasteiger charge is 2.53. The van der Waals surface area contributed by atoms with Crippen molar-refractivity contribution in [2.45, 2.75) is 90.3 Å². The predicted molar refractivity (Wildman–Crippen MR) is 196 cm³/mol. The van der Waals surface area contributed by atoms with E-state index in [1.54, 1.807) is 32.6 Å². The lowest BCUT2D eigenvalue weighted by molar-refractivity contribution is -0.131. The van der Waals surface area contributed by atoms with Gasteiger partial charge in [0.2, 0.25) is 5.91 Å². The Balaban J connectivity index is 1.82. The number of benzene rings is 2. The van der Waals surface area contributed by atoms with E-state index in [-0.39, 0.29) is 31.9 Å². The third-order valence-corrected chi connectivity index (χ3v) is 10.4. The number of ether oxygens (including phenoxy) is 1. The van der Waals surface area contributed by atoms with Gasteiger partial charge in [-0.25, -0.2) is 14.6 Å². The molecule has 0 saturated carbocycles. The number of aryl methyl sites for hydroxylation is 1. The van der Waals surface area contributed by atoms with E-state index in [9.17, 15) is 19.5 Å². The van der Waals surface area contributed by atoms with E-state index in [1.807, 2.05) is 66.0 Å². The van der Waals surface area contributed by atoms with Crippen LogP contribution in [-0.4, -0.2) is 67.8 Å². The van der Waals surface area contributed by atoms with Crippen molar-refractivity contribution in [2.75, 3.05) is 7.05 Å². The minimum Gasteiger partial charge on any atom is -0.444 e. The lowest BCUT2D eigenvalue weighted by Gasteiger charge is -2.51. The molecule has 50 heavy (non-hydrogen) atoms. The van der Waals surface area contributed by atoms with E-state index in [0.717, 1.165) is 10.6 Å². The molecule has 4 aromatic rings. The van der Waals surface area contributed by atoms with Gasteiger partial charge in [-0.3, -0.25) is 20.0 Å². The molecule has 0 aliphatic rings. The number of rotatable bonds is 17. The third-order valence-electron chi connectivity index (χ3n) is 8.43. The van der Waals surface area contributed by atoms with Crippen LogP contribution in [0.2, 0.25) is 0 Å². The van der Waals surface area contributed by atoms with Crippen LogP contribution in [0.3, 0.4) is 0 Å². The van der Waals surface area contributed by atoms with Gasteiger partial charge in [0.1, 0.15) is 12.6 Å². The quantitative estimate of drug-likeness (QED) is 0.108. The number of thiazole rings is 2. The largest absolute Gasteiger partial charge is 0.444 e. The Morgan fingerprint density at radius 3 is 2.22 bits per heavy atom. The zero-order chi connectivity index (χ0) is 36.3. The number of hydrogen-bond acceptors (Lipinski definition) is 9. The molecule has 3 atom stereocenters. The summed E-state index contributed by atoms with van der Waals surface area (Å²) in [5.41, 5.74) is 8.34. The minimum absolute atomic E-state index is 0.0414. The normalized spacial score (nSPS) is 13.8. The molecule has 4 rings (SSSR count). The first-order valence-electron chi connectivity index (χ1n) is 16.8. The highest BCUT2D eigenvalue weighted by molar-refractivity contribution is 7.09. The van der Waals surface area contributed by atoms with E-state index < -0.39 is 41.8 Å². The molecule has 13 heteroatoms. The van der Waals surface area contributed by atoms with E-state index in [1.165, 1.54) is 32.5 Å². The van der Waals surface area contributed by atoms with Crippen molar-refractivity contribution >= 4 is 40.7 Å². The Labute approximate surface area is 302 Å². The van der Waals surface area contributed by atoms with Gasteiger partial charge in [0.05, 0.1) is 33.7 Å². The van der Waals surface area contributed by atoms with Crippen LogP contribution in [0.25, 0.3) is 0 Å². The second kappa shape index (κ2) is 18.1. The summed E-state index contributed by atoms with van der Waals surface area (Å²) in [4.78, 5) is 54.3. The Morgan fingerprint density at radius 1 is 1.00 bits per heavy atom. The van der Waals surface area contributed by atoms with Gasteiger partial charge in [0, 0.05) is 31.0 Å². The monoisotopic (exact) mass is 720 g/mol. The molecule has 0 aliphatic heterocycles. The zero-order valence-corrected chi connectivity index (χ0v) is 31.0. The number of aliphatic hydroxyl groups excluding tert-OH is 1. The van der Waals surface area contributed by atoms with Gasteiger partial charge >= 0.3 is 12.1 Å². The summed E-state index contributed by atoms with van der Waals surface area (Å²) in [6.45, 7) is 7.72. The molecule has 0 fully saturated rings. The van der Waals surface area contributed by atoms with Crippen LogP contribution >= 0.6 is 22.7 Å². The number of nitrogens with one attached hydrogen (secondary N) is 1. The number of aromatic nitrogens is 2. The molecule has 0 spiro atoms. The minimum atomic E-state index is -1.87. The number of amides is 4. The number of urea groups is 1. The van der Waals surface area contributed by atoms with Gasteiger partial charge in [-0.1, -0.05) is 88.4 Å². The molecule has 2 heterocycles. The summed E-state index contributed by atoms with van der Waals surface area (Å²) in [7, 11) is 1.61. The van der Waals surface area contributed by atoms with Crippen LogP contribution in [0, 0.1) is 5.92 Å². The number of nitrogens with zero attached hydrogens (tertiary/aromatic N) is 4. The van der Waals surface area contributed by atoms with Crippen LogP contribution in [-0.2, 0) is 35.5 Å². The highest BCUT2D eigenvalue weighted by atomic mass is 32.1. The first kappa shape index (κ1) is 38.5. The maximum Gasteiger partial charge on any atom is 0.409 e. The zero-order valence-electron chi connectivity index (χ0n) is 29.3. The van der Waals surface area contributed by atoms with Crippen molar-refractivity contribution in [1.82, 2.24) is 25.1 Å². The van der Waals surface area contributed by atoms with Gasteiger partial charge in [-0.2, -0.15) is 0 Å². The molecule has 0 aliphatic carbocycles. The van der Waals surface area contributed by atoms with Crippen molar-refractivity contribution in [3.05, 3.63) is 104 Å². The molecular weight excluding hydrogens is 673 g/mol. The number of hydrogen-bond donors (Lipinski definition) is 3. The molecule has 2 aromatic carbocycles. The lowest BCUT2D eigenvalue weighted by atomic mass is 9.85. The van der Waals surface area contributed by atoms with Crippen molar-refractivity contribution in [3.63, 3.8) is 0 Å². The number of alkyl carbamates (subject to hydrolysis) is 1. The van der Waals surface area contributed by atoms with Crippen LogP contribution in [0.1, 0.15) is 73.2 Å². The van der Waals surface area contributed by atoms with Crippen LogP contribution < -0.4 is 11.1 Å². The van der Waals surface area contributed by atoms with Gasteiger partial charge < -0.3 is 20.5 Å². The maximum absolute atomic E-state index is 14.9. The standard InChI is InChI=1S/C37H48N6O5S2/c1-25(2)32(33(38)45)43(36(47)42(5)21-29-23-49-34(40-29)26(3)4)37(19-28-15-10-7-11-16-28,41-35(46)48-22-30-20-39-24-50-30)31(44)18-12-17-27-13-8-6-9-14-27/h6-11,13-16,20,23-26,31-32,44H,12,17-19,21-22H2,1-5H3,(H2,38,45)(H,41,46)/t31?,32-,37+/m1/s1. The fraction of sp³-hybridized carbons (Fsp3) is 0.432. The van der Waals surface area contributed by atoms with Crippen molar-refractivity contribution in [2.24, 2.45) is 11.7 Å². The van der Waals surface area contributed by atoms with E-state index in [2.05, 4.69) is 24.1 Å². The predicted octanol–water partition coefficient (Wildman–Crippen LogP) is 6.34. The SMILES string of the molecule is CC(C)c1nc(CN(C)C(=O)N([C@@H](C(N)=O)C(C)C)[C@](Cc2ccccc2)(NC(=O)OCc2cncs2)C(O)CCCc2ccccc2)cs1. The molecular formula is C37H48N6O5S2. The Kier molecular flexibility index (Phi) is 13.9. The lowest BCUT2D eigenvalue weighted by Crippen LogP contribution is -2.75. The van der Waals surface area contributed by atoms with Crippen molar-refractivity contribution in [3.8, 4) is 0 Å². The van der Waals surface area contributed by atoms with Gasteiger partial charge in [0.25, 0.3) is 0 Å². The molecule has 2 aromatic heterocycles. The summed E-state index contributed by atoms with van der Waals surface area (Å²) in [6.07, 6.45) is 0.685. The summed E-state index contributed by atoms with van der Waals surface area (Å²) in [5, 5.41) is 18.2. The Hall–Kier alpha value is -4.33. The van der Waals surface area contributed by atoms with Crippen molar-refractivity contribution in [1.29, 1.82) is 0 Å². The van der Waals surface area contributed by atoms with Crippen LogP contribution in [0.4, 0.5) is 9.59 Å². The van der Waals surface area contributed by atoms with Crippen LogP contribution in [0.5, 0.6) is 0 Å². The van der Waals surface area contributed by atoms with Gasteiger partial charge in [-0.15, -0.1) is 22.7 Å². The smallest absolute Gasteiger partial charge is 0.409 e. The number of carbonyl (C=O) groups is 3. The Bertz CT molecular complexity index is 1650. The number of carbonyl (C=O) groups excluding carboxylic acids is 3. The van der Waals surface area contributed by atoms with E-state index in [0.29, 0.717) is 29.0 Å². The average molecular weight is 721 g/mol. The molecule has 0 bridgehead atoms. The molecule has 1 unspecified atom stereocenters. The van der Waals surface area contributed by atoms with Crippen LogP contribution in [0.15, 0.2) is 77.8 Å². The summed E-state index contributed by atoms with van der Waals surface area (Å²) >= 11 is 2.84. The van der Waals surface area contributed by atoms with Crippen molar-refractivity contribution < 1.29 is 24.2 Å². The second-order valence-electron chi connectivity index (χ2n) is 13.1. The molecule has 0 saturated heterocycles. The van der Waals surface area contributed by atoms with Gasteiger partial charge in [-0.05, 0) is 36.3 Å². The molecule has 0 radical (unpaired) electrons. The first-order valence-corrected chi connectivity index (χ1v) is 18.5. The molecule has 4 N–H and O–H groups in total. The molecule has 11 nitrogen and oxygen atoms in total. The summed E-state index contributed by atoms with van der Waals surface area (Å²) in [5.74, 6) is -1.04. The van der Waals surface area contributed by atoms with Gasteiger partial charge in [0.15, 0.2) is 5.66 Å². The molecule has 4 amide bonds.